The number of aliphatic hydroxyl groups is 1. The van der Waals surface area contributed by atoms with Crippen LogP contribution in [-0.2, 0) is 4.79 Å². The summed E-state index contributed by atoms with van der Waals surface area (Å²) in [7, 11) is 0. The number of amides is 3. The minimum absolute atomic E-state index is 0.115. The van der Waals surface area contributed by atoms with E-state index in [9.17, 15) is 24.8 Å². The van der Waals surface area contributed by atoms with Crippen LogP contribution in [0.2, 0.25) is 0 Å². The molecule has 2 fully saturated rings. The molecule has 1 N–H and O–H groups in total. The molecule has 2 aliphatic rings. The first kappa shape index (κ1) is 13.5. The fourth-order valence-electron chi connectivity index (χ4n) is 2.80. The normalized spacial score (nSPS) is 25.2. The summed E-state index contributed by atoms with van der Waals surface area (Å²) in [5, 5.41) is 20.5. The van der Waals surface area contributed by atoms with Crippen LogP contribution >= 0.6 is 0 Å². The fraction of sp³-hybridized carbons (Fsp3) is 0.385. The van der Waals surface area contributed by atoms with Gasteiger partial charge in [0.2, 0.25) is 0 Å². The predicted molar refractivity (Wildman–Crippen MR) is 71.7 cm³/mol. The summed E-state index contributed by atoms with van der Waals surface area (Å²) in [6.07, 6.45) is 0.261. The van der Waals surface area contributed by atoms with Gasteiger partial charge in [-0.2, -0.15) is 0 Å². The van der Waals surface area contributed by atoms with Gasteiger partial charge in [0.25, 0.3) is 11.6 Å². The molecule has 0 aliphatic carbocycles. The van der Waals surface area contributed by atoms with Gasteiger partial charge in [0.15, 0.2) is 0 Å². The van der Waals surface area contributed by atoms with Crippen molar-refractivity contribution in [1.82, 2.24) is 4.90 Å². The Balaban J connectivity index is 1.93. The Hall–Kier alpha value is -2.48. The molecule has 21 heavy (non-hydrogen) atoms. The fourth-order valence-corrected chi connectivity index (χ4v) is 2.80. The maximum Gasteiger partial charge on any atom is 0.332 e. The SMILES string of the molecule is O=C1[C@H]2[C@@H](O)CCCN2C(=O)N1c1ccc([N+](=O)[O-])cc1. The molecule has 2 aliphatic heterocycles. The van der Waals surface area contributed by atoms with Gasteiger partial charge in [-0.3, -0.25) is 14.9 Å². The third-order valence-corrected chi connectivity index (χ3v) is 3.83. The predicted octanol–water partition coefficient (Wildman–Crippen LogP) is 0.887. The highest BCUT2D eigenvalue weighted by Gasteiger charge is 2.50. The summed E-state index contributed by atoms with van der Waals surface area (Å²) >= 11 is 0. The molecule has 0 unspecified atom stereocenters. The van der Waals surface area contributed by atoms with Crippen LogP contribution in [0, 0.1) is 10.1 Å². The van der Waals surface area contributed by atoms with Crippen LogP contribution in [0.25, 0.3) is 0 Å². The van der Waals surface area contributed by atoms with Crippen molar-refractivity contribution in [3.63, 3.8) is 0 Å². The maximum atomic E-state index is 12.3. The highest BCUT2D eigenvalue weighted by atomic mass is 16.6. The molecule has 2 heterocycles. The van der Waals surface area contributed by atoms with Gasteiger partial charge in [-0.05, 0) is 25.0 Å². The number of hydrogen-bond acceptors (Lipinski definition) is 5. The van der Waals surface area contributed by atoms with Crippen LogP contribution in [0.5, 0.6) is 0 Å². The number of benzene rings is 1. The zero-order valence-electron chi connectivity index (χ0n) is 11.0. The second-order valence-corrected chi connectivity index (χ2v) is 5.08. The van der Waals surface area contributed by atoms with E-state index in [-0.39, 0.29) is 11.4 Å². The lowest BCUT2D eigenvalue weighted by atomic mass is 10.00. The molecule has 1 aromatic carbocycles. The third-order valence-electron chi connectivity index (χ3n) is 3.83. The second kappa shape index (κ2) is 4.81. The topological polar surface area (TPSA) is 104 Å². The summed E-state index contributed by atoms with van der Waals surface area (Å²) in [6.45, 7) is 0.426. The van der Waals surface area contributed by atoms with Crippen LogP contribution < -0.4 is 4.90 Å². The number of imide groups is 1. The Morgan fingerprint density at radius 2 is 1.90 bits per heavy atom. The molecular formula is C13H13N3O5. The van der Waals surface area contributed by atoms with Gasteiger partial charge in [0.05, 0.1) is 16.7 Å². The Kier molecular flexibility index (Phi) is 3.09. The monoisotopic (exact) mass is 291 g/mol. The van der Waals surface area contributed by atoms with E-state index in [4.69, 9.17) is 0 Å². The Morgan fingerprint density at radius 1 is 1.24 bits per heavy atom. The van der Waals surface area contributed by atoms with Gasteiger partial charge in [-0.15, -0.1) is 0 Å². The van der Waals surface area contributed by atoms with Gasteiger partial charge < -0.3 is 10.0 Å². The molecule has 0 saturated carbocycles. The maximum absolute atomic E-state index is 12.3. The lowest BCUT2D eigenvalue weighted by molar-refractivity contribution is -0.384. The molecule has 2 atom stereocenters. The number of non-ortho nitro benzene ring substituents is 1. The van der Waals surface area contributed by atoms with E-state index < -0.39 is 29.0 Å². The molecule has 0 radical (unpaired) electrons. The van der Waals surface area contributed by atoms with Gasteiger partial charge in [-0.1, -0.05) is 0 Å². The lowest BCUT2D eigenvalue weighted by Gasteiger charge is -2.30. The lowest BCUT2D eigenvalue weighted by Crippen LogP contribution is -2.48. The number of urea groups is 1. The van der Waals surface area contributed by atoms with E-state index in [1.807, 2.05) is 0 Å². The first-order valence-electron chi connectivity index (χ1n) is 6.58. The van der Waals surface area contributed by atoms with Gasteiger partial charge in [-0.25, -0.2) is 9.69 Å². The molecule has 0 bridgehead atoms. The number of piperidine rings is 1. The Bertz CT molecular complexity index is 615. The van der Waals surface area contributed by atoms with Crippen molar-refractivity contribution >= 4 is 23.3 Å². The molecular weight excluding hydrogens is 278 g/mol. The van der Waals surface area contributed by atoms with Crippen molar-refractivity contribution in [2.75, 3.05) is 11.4 Å². The van der Waals surface area contributed by atoms with E-state index in [1.165, 1.54) is 29.2 Å². The van der Waals surface area contributed by atoms with Crippen LogP contribution in [-0.4, -0.2) is 45.6 Å². The number of nitrogens with zero attached hydrogens (tertiary/aromatic N) is 3. The summed E-state index contributed by atoms with van der Waals surface area (Å²) < 4.78 is 0. The van der Waals surface area contributed by atoms with Crippen LogP contribution in [0.15, 0.2) is 24.3 Å². The zero-order chi connectivity index (χ0) is 15.1. The number of nitro groups is 1. The van der Waals surface area contributed by atoms with Crippen molar-refractivity contribution in [2.24, 2.45) is 0 Å². The van der Waals surface area contributed by atoms with Crippen LogP contribution in [0.4, 0.5) is 16.2 Å². The van der Waals surface area contributed by atoms with Gasteiger partial charge in [0.1, 0.15) is 6.04 Å². The molecule has 0 spiro atoms. The third kappa shape index (κ3) is 2.04. The van der Waals surface area contributed by atoms with Crippen molar-refractivity contribution in [3.8, 4) is 0 Å². The summed E-state index contributed by atoms with van der Waals surface area (Å²) in [5.41, 5.74) is 0.160. The number of rotatable bonds is 2. The van der Waals surface area contributed by atoms with Crippen molar-refractivity contribution in [3.05, 3.63) is 34.4 Å². The number of carbonyl (C=O) groups excluding carboxylic acids is 2. The molecule has 8 nitrogen and oxygen atoms in total. The first-order chi connectivity index (χ1) is 10.0. The van der Waals surface area contributed by atoms with Crippen molar-refractivity contribution in [2.45, 2.75) is 25.0 Å². The minimum Gasteiger partial charge on any atom is -0.390 e. The van der Waals surface area contributed by atoms with Gasteiger partial charge >= 0.3 is 6.03 Å². The minimum atomic E-state index is -0.863. The summed E-state index contributed by atoms with van der Waals surface area (Å²) in [6, 6.07) is 3.86. The molecule has 3 amide bonds. The van der Waals surface area contributed by atoms with Crippen molar-refractivity contribution < 1.29 is 19.6 Å². The molecule has 3 rings (SSSR count). The van der Waals surface area contributed by atoms with E-state index in [2.05, 4.69) is 0 Å². The first-order valence-corrected chi connectivity index (χ1v) is 6.58. The smallest absolute Gasteiger partial charge is 0.332 e. The number of fused-ring (bicyclic) bond motifs is 1. The van der Waals surface area contributed by atoms with Gasteiger partial charge in [0, 0.05) is 18.7 Å². The highest BCUT2D eigenvalue weighted by molar-refractivity contribution is 6.21. The zero-order valence-corrected chi connectivity index (χ0v) is 11.0. The van der Waals surface area contributed by atoms with E-state index >= 15 is 0 Å². The molecule has 1 aromatic rings. The highest BCUT2D eigenvalue weighted by Crippen LogP contribution is 2.31. The van der Waals surface area contributed by atoms with Crippen LogP contribution in [0.1, 0.15) is 12.8 Å². The molecule has 0 aromatic heterocycles. The average molecular weight is 291 g/mol. The van der Waals surface area contributed by atoms with E-state index in [0.29, 0.717) is 19.4 Å². The van der Waals surface area contributed by atoms with E-state index in [1.54, 1.807) is 0 Å². The Morgan fingerprint density at radius 3 is 2.48 bits per heavy atom. The standard InChI is InChI=1S/C13H13N3O5/c17-10-2-1-7-14-11(10)12(18)15(13(14)19)8-3-5-9(6-4-8)16(20)21/h3-6,10-11,17H,1-2,7H2/t10-,11+/m0/s1. The second-order valence-electron chi connectivity index (χ2n) is 5.08. The Labute approximate surface area is 119 Å². The van der Waals surface area contributed by atoms with Crippen molar-refractivity contribution in [1.29, 1.82) is 0 Å². The van der Waals surface area contributed by atoms with Crippen LogP contribution in [0.3, 0.4) is 0 Å². The molecule has 2 saturated heterocycles. The number of nitro benzene ring substituents is 1. The quantitative estimate of drug-likeness (QED) is 0.495. The average Bonchev–Trinajstić information content (AvgIpc) is 2.72. The number of anilines is 1. The number of hydrogen-bond donors (Lipinski definition) is 1. The largest absolute Gasteiger partial charge is 0.390 e. The molecule has 110 valence electrons. The number of carbonyl (C=O) groups is 2. The summed E-state index contributed by atoms with van der Waals surface area (Å²) in [5.74, 6) is -0.485. The van der Waals surface area contributed by atoms with E-state index in [0.717, 1.165) is 4.90 Å². The summed E-state index contributed by atoms with van der Waals surface area (Å²) in [4.78, 5) is 37.1. The molecule has 8 heteroatoms. The number of aliphatic hydroxyl groups excluding tert-OH is 1.